The van der Waals surface area contributed by atoms with Gasteiger partial charge in [-0.25, -0.2) is 14.1 Å². The normalized spacial score (nSPS) is 24.8. The van der Waals surface area contributed by atoms with Gasteiger partial charge in [-0.1, -0.05) is 11.3 Å². The molecular weight excluding hydrogens is 455 g/mol. The summed E-state index contributed by atoms with van der Waals surface area (Å²) in [4.78, 5) is 11.8. The van der Waals surface area contributed by atoms with E-state index in [4.69, 9.17) is 4.98 Å². The van der Waals surface area contributed by atoms with Gasteiger partial charge in [0.1, 0.15) is 17.0 Å². The van der Waals surface area contributed by atoms with Crippen LogP contribution in [0.4, 0.5) is 10.1 Å². The number of imidazole rings is 1. The zero-order chi connectivity index (χ0) is 24.3. The average molecular weight is 487 g/mol. The Hall–Kier alpha value is -3.33. The maximum Gasteiger partial charge on any atom is 0.137 e. The van der Waals surface area contributed by atoms with Crippen molar-refractivity contribution in [3.8, 4) is 11.3 Å². The predicted octanol–water partition coefficient (Wildman–Crippen LogP) is 3.93. The van der Waals surface area contributed by atoms with Gasteiger partial charge < -0.3 is 14.6 Å². The minimum Gasteiger partial charge on any atom is -0.370 e. The van der Waals surface area contributed by atoms with Crippen LogP contribution in [0.5, 0.6) is 0 Å². The second-order valence-electron chi connectivity index (χ2n) is 11.1. The van der Waals surface area contributed by atoms with Crippen LogP contribution in [0.1, 0.15) is 49.1 Å². The maximum absolute atomic E-state index is 13.7. The molecule has 2 bridgehead atoms. The van der Waals surface area contributed by atoms with Crippen molar-refractivity contribution < 1.29 is 4.39 Å². The number of nitrogens with zero attached hydrogens (tertiary/aromatic N) is 7. The van der Waals surface area contributed by atoms with Crippen LogP contribution < -0.4 is 10.2 Å². The van der Waals surface area contributed by atoms with E-state index < -0.39 is 5.67 Å². The molecule has 8 rings (SSSR count). The number of hydrogen-bond acceptors (Lipinski definition) is 6. The highest BCUT2D eigenvalue weighted by Crippen LogP contribution is 2.69. The number of hydrogen-bond donors (Lipinski definition) is 1. The standard InChI is InChI=1S/C27H31FN8/c1-19-23(8-22(10-30-19)34-6-2-3-7-34)24-14-36(33-32-24)13-21-12-35-11-20(4-5-25(35)31-21)9-29-18-26-15-27(28,16-26)17-26/h4-5,8,10-12,14,29H,2-3,6-7,9,13,15-18H2,1H3. The molecule has 8 nitrogen and oxygen atoms in total. The summed E-state index contributed by atoms with van der Waals surface area (Å²) < 4.78 is 17.6. The molecule has 9 heteroatoms. The minimum absolute atomic E-state index is 0.224. The van der Waals surface area contributed by atoms with Crippen molar-refractivity contribution in [2.24, 2.45) is 5.41 Å². The van der Waals surface area contributed by atoms with Crippen molar-refractivity contribution in [3.05, 3.63) is 59.9 Å². The number of rotatable bonds is 8. The molecule has 1 saturated heterocycles. The van der Waals surface area contributed by atoms with Gasteiger partial charge in [-0.15, -0.1) is 5.10 Å². The molecule has 0 unspecified atom stereocenters. The number of fused-ring (bicyclic) bond motifs is 1. The lowest BCUT2D eigenvalue weighted by Gasteiger charge is -2.66. The summed E-state index contributed by atoms with van der Waals surface area (Å²) in [6.07, 6.45) is 12.8. The highest BCUT2D eigenvalue weighted by atomic mass is 19.1. The van der Waals surface area contributed by atoms with E-state index in [0.29, 0.717) is 6.54 Å². The molecule has 0 spiro atoms. The van der Waals surface area contributed by atoms with Crippen LogP contribution in [0, 0.1) is 12.3 Å². The fourth-order valence-electron chi connectivity index (χ4n) is 6.39. The Morgan fingerprint density at radius 2 is 1.92 bits per heavy atom. The second kappa shape index (κ2) is 8.09. The van der Waals surface area contributed by atoms with Gasteiger partial charge in [0.2, 0.25) is 0 Å². The van der Waals surface area contributed by atoms with Gasteiger partial charge in [0.15, 0.2) is 0 Å². The van der Waals surface area contributed by atoms with Crippen molar-refractivity contribution in [3.63, 3.8) is 0 Å². The number of halogens is 1. The molecule has 0 aromatic carbocycles. The second-order valence-corrected chi connectivity index (χ2v) is 11.1. The summed E-state index contributed by atoms with van der Waals surface area (Å²) in [5, 5.41) is 12.3. The van der Waals surface area contributed by atoms with Crippen LogP contribution in [0.3, 0.4) is 0 Å². The van der Waals surface area contributed by atoms with Crippen molar-refractivity contribution >= 4 is 11.3 Å². The van der Waals surface area contributed by atoms with Gasteiger partial charge in [-0.05, 0) is 62.1 Å². The van der Waals surface area contributed by atoms with Crippen molar-refractivity contribution in [2.45, 2.75) is 57.8 Å². The fraction of sp³-hybridized carbons (Fsp3) is 0.481. The van der Waals surface area contributed by atoms with Crippen LogP contribution >= 0.6 is 0 Å². The fourth-order valence-corrected chi connectivity index (χ4v) is 6.39. The van der Waals surface area contributed by atoms with E-state index in [9.17, 15) is 4.39 Å². The van der Waals surface area contributed by atoms with Crippen molar-refractivity contribution in [1.29, 1.82) is 0 Å². The third kappa shape index (κ3) is 3.86. The Balaban J connectivity index is 1.03. The number of aromatic nitrogens is 6. The van der Waals surface area contributed by atoms with Gasteiger partial charge in [-0.2, -0.15) is 0 Å². The van der Waals surface area contributed by atoms with Crippen LogP contribution in [0.25, 0.3) is 16.9 Å². The van der Waals surface area contributed by atoms with Crippen LogP contribution in [-0.4, -0.2) is 54.7 Å². The SMILES string of the molecule is Cc1ncc(N2CCCC2)cc1-c1cn(Cc2cn3cc(CNCC45CC(F)(C4)C5)ccc3n2)nn1. The smallest absolute Gasteiger partial charge is 0.137 e. The van der Waals surface area contributed by atoms with E-state index in [1.54, 1.807) is 0 Å². The molecule has 3 saturated carbocycles. The molecule has 1 aliphatic heterocycles. The lowest BCUT2D eigenvalue weighted by Crippen LogP contribution is -2.67. The van der Waals surface area contributed by atoms with E-state index in [1.807, 2.05) is 30.1 Å². The topological polar surface area (TPSA) is 76.2 Å². The highest BCUT2D eigenvalue weighted by Gasteiger charge is 2.68. The third-order valence-corrected chi connectivity index (χ3v) is 8.15. The van der Waals surface area contributed by atoms with E-state index >= 15 is 0 Å². The summed E-state index contributed by atoms with van der Waals surface area (Å²) in [7, 11) is 0. The third-order valence-electron chi connectivity index (χ3n) is 8.15. The summed E-state index contributed by atoms with van der Waals surface area (Å²) >= 11 is 0. The molecule has 0 amide bonds. The highest BCUT2D eigenvalue weighted by molar-refractivity contribution is 5.66. The van der Waals surface area contributed by atoms with Crippen LogP contribution in [0.15, 0.2) is 43.0 Å². The van der Waals surface area contributed by atoms with Crippen molar-refractivity contribution in [1.82, 2.24) is 34.7 Å². The molecule has 0 radical (unpaired) electrons. The van der Waals surface area contributed by atoms with Gasteiger partial charge in [-0.3, -0.25) is 4.98 Å². The van der Waals surface area contributed by atoms with E-state index in [-0.39, 0.29) is 5.41 Å². The quantitative estimate of drug-likeness (QED) is 0.407. The number of nitrogens with one attached hydrogen (secondary N) is 1. The van der Waals surface area contributed by atoms with Crippen LogP contribution in [-0.2, 0) is 13.1 Å². The van der Waals surface area contributed by atoms with Crippen molar-refractivity contribution in [2.75, 3.05) is 24.5 Å². The Morgan fingerprint density at radius 1 is 1.08 bits per heavy atom. The lowest BCUT2D eigenvalue weighted by molar-refractivity contribution is -0.209. The molecule has 0 atom stereocenters. The van der Waals surface area contributed by atoms with Gasteiger partial charge >= 0.3 is 0 Å². The Morgan fingerprint density at radius 3 is 2.72 bits per heavy atom. The average Bonchev–Trinajstić information content (AvgIpc) is 3.58. The number of anilines is 1. The zero-order valence-electron chi connectivity index (χ0n) is 20.6. The van der Waals surface area contributed by atoms with E-state index in [1.165, 1.54) is 18.4 Å². The first-order valence-electron chi connectivity index (χ1n) is 12.9. The molecule has 1 N–H and O–H groups in total. The summed E-state index contributed by atoms with van der Waals surface area (Å²) in [5.41, 5.74) is 6.40. The Labute approximate surface area is 209 Å². The maximum atomic E-state index is 13.7. The Kier molecular flexibility index (Phi) is 4.93. The van der Waals surface area contributed by atoms with Gasteiger partial charge in [0.25, 0.3) is 0 Å². The van der Waals surface area contributed by atoms with E-state index in [2.05, 4.69) is 54.4 Å². The Bertz CT molecular complexity index is 1410. The predicted molar refractivity (Wildman–Crippen MR) is 136 cm³/mol. The van der Waals surface area contributed by atoms with Gasteiger partial charge in [0, 0.05) is 49.8 Å². The van der Waals surface area contributed by atoms with Crippen LogP contribution in [0.2, 0.25) is 0 Å². The largest absolute Gasteiger partial charge is 0.370 e. The molecule has 4 fully saturated rings. The first-order valence-corrected chi connectivity index (χ1v) is 12.9. The first kappa shape index (κ1) is 21.9. The molecule has 4 aromatic heterocycles. The zero-order valence-corrected chi connectivity index (χ0v) is 20.6. The van der Waals surface area contributed by atoms with Gasteiger partial charge in [0.05, 0.1) is 30.3 Å². The molecule has 186 valence electrons. The molecular formula is C27H31FN8. The monoisotopic (exact) mass is 486 g/mol. The number of pyridine rings is 2. The molecule has 4 aromatic rings. The number of alkyl halides is 1. The lowest BCUT2D eigenvalue weighted by atomic mass is 9.42. The minimum atomic E-state index is -0.827. The summed E-state index contributed by atoms with van der Waals surface area (Å²) in [6, 6.07) is 6.34. The molecule has 5 heterocycles. The first-order chi connectivity index (χ1) is 17.5. The summed E-state index contributed by atoms with van der Waals surface area (Å²) in [5.74, 6) is 0. The number of aryl methyl sites for hydroxylation is 1. The molecule has 3 aliphatic carbocycles. The molecule has 4 aliphatic rings. The summed E-state index contributed by atoms with van der Waals surface area (Å²) in [6.45, 7) is 6.42. The molecule has 36 heavy (non-hydrogen) atoms. The van der Waals surface area contributed by atoms with E-state index in [0.717, 1.165) is 79.4 Å².